The molecule has 3 rings (SSSR count). The first-order valence-electron chi connectivity index (χ1n) is 6.84. The van der Waals surface area contributed by atoms with Crippen molar-refractivity contribution in [1.29, 1.82) is 0 Å². The highest BCUT2D eigenvalue weighted by atomic mass is 16.1. The molecular formula is C15H20N2O. The first-order chi connectivity index (χ1) is 8.77. The maximum atomic E-state index is 12.0. The van der Waals surface area contributed by atoms with Gasteiger partial charge in [-0.1, -0.05) is 18.2 Å². The third-order valence-corrected chi connectivity index (χ3v) is 4.39. The van der Waals surface area contributed by atoms with Crippen molar-refractivity contribution in [2.45, 2.75) is 31.7 Å². The van der Waals surface area contributed by atoms with Crippen LogP contribution in [0.25, 0.3) is 0 Å². The van der Waals surface area contributed by atoms with Crippen molar-refractivity contribution < 1.29 is 4.79 Å². The van der Waals surface area contributed by atoms with Gasteiger partial charge in [-0.2, -0.15) is 0 Å². The number of hydrogen-bond acceptors (Lipinski definition) is 2. The van der Waals surface area contributed by atoms with Crippen molar-refractivity contribution in [3.8, 4) is 0 Å². The number of nitrogens with one attached hydrogen (secondary N) is 2. The fourth-order valence-corrected chi connectivity index (χ4v) is 3.31. The van der Waals surface area contributed by atoms with Crippen molar-refractivity contribution in [3.63, 3.8) is 0 Å². The molecule has 1 aromatic carbocycles. The van der Waals surface area contributed by atoms with Crippen LogP contribution in [-0.2, 0) is 0 Å². The summed E-state index contributed by atoms with van der Waals surface area (Å²) in [6.45, 7) is 2.28. The molecule has 2 aliphatic rings. The van der Waals surface area contributed by atoms with Crippen molar-refractivity contribution in [3.05, 3.63) is 35.9 Å². The lowest BCUT2D eigenvalue weighted by Crippen LogP contribution is -2.54. The Kier molecular flexibility index (Phi) is 3.08. The van der Waals surface area contributed by atoms with E-state index >= 15 is 0 Å². The van der Waals surface area contributed by atoms with Gasteiger partial charge in [-0.05, 0) is 56.3 Å². The molecule has 1 aromatic rings. The molecule has 3 nitrogen and oxygen atoms in total. The first kappa shape index (κ1) is 11.7. The van der Waals surface area contributed by atoms with Gasteiger partial charge in [0.05, 0.1) is 0 Å². The third-order valence-electron chi connectivity index (χ3n) is 4.39. The van der Waals surface area contributed by atoms with Crippen molar-refractivity contribution in [2.24, 2.45) is 5.41 Å². The molecule has 1 saturated heterocycles. The number of benzene rings is 1. The van der Waals surface area contributed by atoms with E-state index in [0.29, 0.717) is 11.5 Å². The van der Waals surface area contributed by atoms with Crippen LogP contribution in [0.5, 0.6) is 0 Å². The maximum Gasteiger partial charge on any atom is 0.251 e. The third kappa shape index (κ3) is 2.27. The van der Waals surface area contributed by atoms with E-state index in [1.807, 2.05) is 30.3 Å². The average Bonchev–Trinajstić information content (AvgIpc) is 2.39. The van der Waals surface area contributed by atoms with E-state index in [1.165, 1.54) is 12.8 Å². The fraction of sp³-hybridized carbons (Fsp3) is 0.533. The van der Waals surface area contributed by atoms with Gasteiger partial charge < -0.3 is 10.6 Å². The van der Waals surface area contributed by atoms with E-state index in [2.05, 4.69) is 10.6 Å². The molecule has 0 aromatic heterocycles. The standard InChI is InChI=1S/C15H20N2O/c18-14(12-4-2-1-3-5-12)17-13-10-15(11-13)6-8-16-9-7-15/h1-5,13,16H,6-11H2,(H,17,18). The van der Waals surface area contributed by atoms with Crippen LogP contribution in [0, 0.1) is 5.41 Å². The smallest absolute Gasteiger partial charge is 0.251 e. The van der Waals surface area contributed by atoms with Crippen LogP contribution in [0.15, 0.2) is 30.3 Å². The van der Waals surface area contributed by atoms with E-state index in [4.69, 9.17) is 0 Å². The highest BCUT2D eigenvalue weighted by molar-refractivity contribution is 5.94. The van der Waals surface area contributed by atoms with Crippen LogP contribution in [0.2, 0.25) is 0 Å². The van der Waals surface area contributed by atoms with Gasteiger partial charge in [0.25, 0.3) is 5.91 Å². The molecular weight excluding hydrogens is 224 g/mol. The number of hydrogen-bond donors (Lipinski definition) is 2. The van der Waals surface area contributed by atoms with Gasteiger partial charge in [0, 0.05) is 11.6 Å². The minimum atomic E-state index is 0.0735. The largest absolute Gasteiger partial charge is 0.349 e. The number of piperidine rings is 1. The van der Waals surface area contributed by atoms with Gasteiger partial charge in [0.2, 0.25) is 0 Å². The summed E-state index contributed by atoms with van der Waals surface area (Å²) in [6, 6.07) is 9.87. The Bertz CT molecular complexity index is 415. The lowest BCUT2D eigenvalue weighted by Gasteiger charge is -2.50. The summed E-state index contributed by atoms with van der Waals surface area (Å²) < 4.78 is 0. The Balaban J connectivity index is 1.52. The van der Waals surface area contributed by atoms with E-state index in [9.17, 15) is 4.79 Å². The van der Waals surface area contributed by atoms with Crippen molar-refractivity contribution in [2.75, 3.05) is 13.1 Å². The minimum Gasteiger partial charge on any atom is -0.349 e. The molecule has 2 N–H and O–H groups in total. The summed E-state index contributed by atoms with van der Waals surface area (Å²) >= 11 is 0. The molecule has 1 heterocycles. The normalized spacial score (nSPS) is 22.4. The summed E-state index contributed by atoms with van der Waals surface area (Å²) in [5.41, 5.74) is 1.30. The van der Waals surface area contributed by atoms with Gasteiger partial charge in [-0.25, -0.2) is 0 Å². The SMILES string of the molecule is O=C(NC1CC2(CCNCC2)C1)c1ccccc1. The predicted molar refractivity (Wildman–Crippen MR) is 71.5 cm³/mol. The number of carbonyl (C=O) groups is 1. The molecule has 18 heavy (non-hydrogen) atoms. The lowest BCUT2D eigenvalue weighted by atomic mass is 9.60. The van der Waals surface area contributed by atoms with Crippen LogP contribution < -0.4 is 10.6 Å². The Morgan fingerprint density at radius 2 is 1.83 bits per heavy atom. The quantitative estimate of drug-likeness (QED) is 0.835. The Labute approximate surface area is 108 Å². The second-order valence-corrected chi connectivity index (χ2v) is 5.69. The Morgan fingerprint density at radius 3 is 2.50 bits per heavy atom. The number of carbonyl (C=O) groups excluding carboxylic acids is 1. The molecule has 0 bridgehead atoms. The summed E-state index contributed by atoms with van der Waals surface area (Å²) in [4.78, 5) is 12.0. The van der Waals surface area contributed by atoms with Gasteiger partial charge in [-0.3, -0.25) is 4.79 Å². The molecule has 1 spiro atoms. The lowest BCUT2D eigenvalue weighted by molar-refractivity contribution is 0.0423. The molecule has 0 unspecified atom stereocenters. The zero-order valence-electron chi connectivity index (χ0n) is 10.6. The zero-order valence-corrected chi connectivity index (χ0v) is 10.6. The van der Waals surface area contributed by atoms with Gasteiger partial charge in [0.15, 0.2) is 0 Å². The molecule has 1 aliphatic heterocycles. The maximum absolute atomic E-state index is 12.0. The highest BCUT2D eigenvalue weighted by Gasteiger charge is 2.44. The van der Waals surface area contributed by atoms with E-state index in [-0.39, 0.29) is 5.91 Å². The van der Waals surface area contributed by atoms with Gasteiger partial charge in [-0.15, -0.1) is 0 Å². The second-order valence-electron chi connectivity index (χ2n) is 5.69. The summed E-state index contributed by atoms with van der Waals surface area (Å²) in [6.07, 6.45) is 4.86. The summed E-state index contributed by atoms with van der Waals surface area (Å²) in [5.74, 6) is 0.0735. The molecule has 1 saturated carbocycles. The summed E-state index contributed by atoms with van der Waals surface area (Å²) in [5, 5.41) is 6.55. The van der Waals surface area contributed by atoms with Crippen LogP contribution in [-0.4, -0.2) is 25.0 Å². The monoisotopic (exact) mass is 244 g/mol. The summed E-state index contributed by atoms with van der Waals surface area (Å²) in [7, 11) is 0. The zero-order chi connectivity index (χ0) is 12.4. The van der Waals surface area contributed by atoms with Crippen molar-refractivity contribution >= 4 is 5.91 Å². The molecule has 2 fully saturated rings. The topological polar surface area (TPSA) is 41.1 Å². The first-order valence-corrected chi connectivity index (χ1v) is 6.84. The van der Waals surface area contributed by atoms with Crippen LogP contribution >= 0.6 is 0 Å². The predicted octanol–water partition coefficient (Wildman–Crippen LogP) is 1.95. The van der Waals surface area contributed by atoms with Crippen LogP contribution in [0.4, 0.5) is 0 Å². The average molecular weight is 244 g/mol. The van der Waals surface area contributed by atoms with Crippen LogP contribution in [0.1, 0.15) is 36.0 Å². The molecule has 96 valence electrons. The molecule has 1 amide bonds. The molecule has 0 atom stereocenters. The van der Waals surface area contributed by atoms with Gasteiger partial charge in [0.1, 0.15) is 0 Å². The van der Waals surface area contributed by atoms with Gasteiger partial charge >= 0.3 is 0 Å². The van der Waals surface area contributed by atoms with Crippen LogP contribution in [0.3, 0.4) is 0 Å². The van der Waals surface area contributed by atoms with E-state index < -0.39 is 0 Å². The van der Waals surface area contributed by atoms with E-state index in [0.717, 1.165) is 31.5 Å². The number of amides is 1. The van der Waals surface area contributed by atoms with Crippen molar-refractivity contribution in [1.82, 2.24) is 10.6 Å². The number of rotatable bonds is 2. The molecule has 3 heteroatoms. The molecule has 1 aliphatic carbocycles. The molecule has 0 radical (unpaired) electrons. The fourth-order valence-electron chi connectivity index (χ4n) is 3.31. The second kappa shape index (κ2) is 4.73. The Morgan fingerprint density at radius 1 is 1.17 bits per heavy atom. The minimum absolute atomic E-state index is 0.0735. The Hall–Kier alpha value is -1.35. The van der Waals surface area contributed by atoms with E-state index in [1.54, 1.807) is 0 Å². The highest BCUT2D eigenvalue weighted by Crippen LogP contribution is 2.47.